The fourth-order valence-corrected chi connectivity index (χ4v) is 3.92. The fourth-order valence-electron chi connectivity index (χ4n) is 3.92. The molecule has 0 unspecified atom stereocenters. The zero-order valence-electron chi connectivity index (χ0n) is 15.8. The summed E-state index contributed by atoms with van der Waals surface area (Å²) < 4.78 is 4.24. The van der Waals surface area contributed by atoms with Crippen LogP contribution < -0.4 is 0 Å². The molecule has 0 amide bonds. The topological polar surface area (TPSA) is 71.8 Å². The van der Waals surface area contributed by atoms with Crippen LogP contribution in [0.1, 0.15) is 5.56 Å². The zero-order valence-corrected chi connectivity index (χ0v) is 15.8. The lowest BCUT2D eigenvalue weighted by Gasteiger charge is -2.06. The molecular formula is C24H14N6. The van der Waals surface area contributed by atoms with Crippen LogP contribution >= 0.6 is 0 Å². The van der Waals surface area contributed by atoms with Crippen molar-refractivity contribution in [3.05, 3.63) is 90.9 Å². The number of para-hydroxylation sites is 4. The van der Waals surface area contributed by atoms with E-state index >= 15 is 0 Å². The third kappa shape index (κ3) is 2.33. The smallest absolute Gasteiger partial charge is 0.221 e. The van der Waals surface area contributed by atoms with Crippen molar-refractivity contribution in [2.24, 2.45) is 0 Å². The van der Waals surface area contributed by atoms with Crippen LogP contribution in [0.25, 0.3) is 44.8 Å². The summed E-state index contributed by atoms with van der Waals surface area (Å²) in [7, 11) is 0. The summed E-state index contributed by atoms with van der Waals surface area (Å²) in [5.41, 5.74) is 6.43. The number of benzene rings is 2. The number of pyridine rings is 2. The van der Waals surface area contributed by atoms with Crippen molar-refractivity contribution < 1.29 is 0 Å². The van der Waals surface area contributed by atoms with Gasteiger partial charge in [-0.2, -0.15) is 5.26 Å². The monoisotopic (exact) mass is 386 g/mol. The molecule has 6 rings (SSSR count). The lowest BCUT2D eigenvalue weighted by Crippen LogP contribution is -1.98. The van der Waals surface area contributed by atoms with Crippen LogP contribution in [0.4, 0.5) is 0 Å². The Kier molecular flexibility index (Phi) is 3.43. The van der Waals surface area contributed by atoms with Gasteiger partial charge in [-0.25, -0.2) is 9.97 Å². The molecule has 0 radical (unpaired) electrons. The molecule has 0 N–H and O–H groups in total. The second kappa shape index (κ2) is 6.26. The first kappa shape index (κ1) is 16.5. The Morgan fingerprint density at radius 1 is 0.767 bits per heavy atom. The van der Waals surface area contributed by atoms with Gasteiger partial charge in [-0.05, 0) is 42.5 Å². The van der Waals surface area contributed by atoms with Crippen molar-refractivity contribution >= 4 is 27.8 Å². The highest BCUT2D eigenvalue weighted by Crippen LogP contribution is 2.29. The van der Waals surface area contributed by atoms with Crippen LogP contribution in [-0.2, 0) is 0 Å². The number of hydrogen-bond donors (Lipinski definition) is 0. The largest absolute Gasteiger partial charge is 0.276 e. The summed E-state index contributed by atoms with van der Waals surface area (Å²) >= 11 is 0. The summed E-state index contributed by atoms with van der Waals surface area (Å²) in [4.78, 5) is 13.7. The standard InChI is InChI=1S/C24H14N6/c25-12-16-11-18(14-26-13-16)17-9-10-23(27-15-17)30-22-8-4-3-7-21(22)29-20-6-2-1-5-19(20)28-24(29)30/h1-11,13-15H. The van der Waals surface area contributed by atoms with Crippen LogP contribution in [0, 0.1) is 11.3 Å². The van der Waals surface area contributed by atoms with Crippen molar-refractivity contribution in [2.75, 3.05) is 0 Å². The van der Waals surface area contributed by atoms with E-state index in [0.29, 0.717) is 5.56 Å². The predicted octanol–water partition coefficient (Wildman–Crippen LogP) is 4.76. The Bertz CT molecular complexity index is 1600. The van der Waals surface area contributed by atoms with E-state index in [0.717, 1.165) is 44.8 Å². The quantitative estimate of drug-likeness (QED) is 0.430. The highest BCUT2D eigenvalue weighted by molar-refractivity contribution is 5.91. The average Bonchev–Trinajstić information content (AvgIpc) is 3.34. The highest BCUT2D eigenvalue weighted by Gasteiger charge is 2.17. The van der Waals surface area contributed by atoms with E-state index in [1.54, 1.807) is 18.6 Å². The second-order valence-corrected chi connectivity index (χ2v) is 7.04. The first-order chi connectivity index (χ1) is 14.8. The minimum Gasteiger partial charge on any atom is -0.276 e. The van der Waals surface area contributed by atoms with Crippen molar-refractivity contribution in [1.29, 1.82) is 5.26 Å². The molecular weight excluding hydrogens is 372 g/mol. The van der Waals surface area contributed by atoms with Gasteiger partial charge in [-0.15, -0.1) is 0 Å². The van der Waals surface area contributed by atoms with Crippen molar-refractivity contribution in [2.45, 2.75) is 0 Å². The van der Waals surface area contributed by atoms with E-state index in [1.165, 1.54) is 0 Å². The Morgan fingerprint density at radius 3 is 2.37 bits per heavy atom. The van der Waals surface area contributed by atoms with Gasteiger partial charge in [-0.3, -0.25) is 14.0 Å². The van der Waals surface area contributed by atoms with E-state index in [-0.39, 0.29) is 0 Å². The van der Waals surface area contributed by atoms with Crippen LogP contribution in [-0.4, -0.2) is 23.9 Å². The third-order valence-electron chi connectivity index (χ3n) is 5.28. The first-order valence-electron chi connectivity index (χ1n) is 9.52. The SMILES string of the molecule is N#Cc1cncc(-c2ccc(-n3c4ccccc4n4c5ccccc5nc34)nc2)c1. The second-order valence-electron chi connectivity index (χ2n) is 7.04. The number of nitriles is 1. The summed E-state index contributed by atoms with van der Waals surface area (Å²) in [5.74, 6) is 1.61. The summed E-state index contributed by atoms with van der Waals surface area (Å²) in [5, 5.41) is 9.12. The molecule has 6 aromatic rings. The Balaban J connectivity index is 1.58. The number of imidazole rings is 2. The molecule has 2 aromatic carbocycles. The van der Waals surface area contributed by atoms with Crippen LogP contribution in [0.2, 0.25) is 0 Å². The maximum Gasteiger partial charge on any atom is 0.221 e. The molecule has 0 aliphatic carbocycles. The maximum absolute atomic E-state index is 9.12. The van der Waals surface area contributed by atoms with Crippen LogP contribution in [0.5, 0.6) is 0 Å². The van der Waals surface area contributed by atoms with Gasteiger partial charge in [0.05, 0.1) is 27.6 Å². The summed E-state index contributed by atoms with van der Waals surface area (Å²) in [6.45, 7) is 0. The Hall–Kier alpha value is -4.50. The minimum absolute atomic E-state index is 0.527. The highest BCUT2D eigenvalue weighted by atomic mass is 15.2. The first-order valence-corrected chi connectivity index (χ1v) is 9.52. The van der Waals surface area contributed by atoms with Gasteiger partial charge < -0.3 is 0 Å². The zero-order chi connectivity index (χ0) is 20.1. The number of aromatic nitrogens is 5. The van der Waals surface area contributed by atoms with Gasteiger partial charge in [0.15, 0.2) is 0 Å². The van der Waals surface area contributed by atoms with Crippen molar-refractivity contribution in [1.82, 2.24) is 23.9 Å². The van der Waals surface area contributed by atoms with Gasteiger partial charge in [0.2, 0.25) is 5.78 Å². The minimum atomic E-state index is 0.527. The third-order valence-corrected chi connectivity index (χ3v) is 5.28. The van der Waals surface area contributed by atoms with E-state index in [4.69, 9.17) is 15.2 Å². The van der Waals surface area contributed by atoms with Gasteiger partial charge in [0.25, 0.3) is 0 Å². The van der Waals surface area contributed by atoms with Crippen molar-refractivity contribution in [3.63, 3.8) is 0 Å². The van der Waals surface area contributed by atoms with Gasteiger partial charge >= 0.3 is 0 Å². The molecule has 0 atom stereocenters. The number of nitrogens with zero attached hydrogens (tertiary/aromatic N) is 6. The molecule has 0 aliphatic rings. The van der Waals surface area contributed by atoms with Crippen molar-refractivity contribution in [3.8, 4) is 23.0 Å². The lowest BCUT2D eigenvalue weighted by atomic mass is 10.1. The number of fused-ring (bicyclic) bond motifs is 5. The predicted molar refractivity (Wildman–Crippen MR) is 115 cm³/mol. The lowest BCUT2D eigenvalue weighted by molar-refractivity contribution is 1.04. The van der Waals surface area contributed by atoms with Gasteiger partial charge in [-0.1, -0.05) is 24.3 Å². The summed E-state index contributed by atoms with van der Waals surface area (Å²) in [6, 6.07) is 24.3. The Labute approximate surface area is 171 Å². The number of rotatable bonds is 2. The molecule has 4 aromatic heterocycles. The molecule has 30 heavy (non-hydrogen) atoms. The van der Waals surface area contributed by atoms with E-state index in [1.807, 2.05) is 48.5 Å². The molecule has 140 valence electrons. The molecule has 6 heteroatoms. The van der Waals surface area contributed by atoms with Crippen LogP contribution in [0.3, 0.4) is 0 Å². The molecule has 4 heterocycles. The van der Waals surface area contributed by atoms with E-state index < -0.39 is 0 Å². The molecule has 0 spiro atoms. The maximum atomic E-state index is 9.12. The molecule has 0 bridgehead atoms. The average molecular weight is 386 g/mol. The molecule has 0 aliphatic heterocycles. The molecule has 0 saturated carbocycles. The van der Waals surface area contributed by atoms with Crippen LogP contribution in [0.15, 0.2) is 85.3 Å². The van der Waals surface area contributed by atoms with Gasteiger partial charge in [0, 0.05) is 29.7 Å². The molecule has 0 fully saturated rings. The van der Waals surface area contributed by atoms with Gasteiger partial charge in [0.1, 0.15) is 11.9 Å². The normalized spacial score (nSPS) is 11.3. The van der Waals surface area contributed by atoms with E-state index in [2.05, 4.69) is 38.2 Å². The van der Waals surface area contributed by atoms with E-state index in [9.17, 15) is 0 Å². The molecule has 6 nitrogen and oxygen atoms in total. The number of hydrogen-bond acceptors (Lipinski definition) is 4. The Morgan fingerprint density at radius 2 is 1.57 bits per heavy atom. The summed E-state index contributed by atoms with van der Waals surface area (Å²) in [6.07, 6.45) is 5.10. The fraction of sp³-hybridized carbons (Fsp3) is 0. The molecule has 0 saturated heterocycles.